The van der Waals surface area contributed by atoms with Crippen molar-refractivity contribution in [2.45, 2.75) is 41.5 Å². The summed E-state index contributed by atoms with van der Waals surface area (Å²) in [6, 6.07) is 26.1. The highest BCUT2D eigenvalue weighted by molar-refractivity contribution is 7.71. The van der Waals surface area contributed by atoms with Crippen molar-refractivity contribution in [3.8, 4) is 0 Å². The number of oxime groups is 1. The van der Waals surface area contributed by atoms with E-state index in [9.17, 15) is 18.9 Å². The van der Waals surface area contributed by atoms with Gasteiger partial charge in [0.2, 0.25) is 5.78 Å². The number of Topliss-reactive ketones (excluding diaryl/α,β-unsaturated/α-hetero) is 1. The van der Waals surface area contributed by atoms with Crippen LogP contribution in [0.3, 0.4) is 0 Å². The molecule has 0 bridgehead atoms. The first-order valence-corrected chi connectivity index (χ1v) is 13.3. The van der Waals surface area contributed by atoms with Gasteiger partial charge in [0.05, 0.1) is 12.2 Å². The Kier molecular flexibility index (Phi) is 18.1. The minimum atomic E-state index is -2.00. The van der Waals surface area contributed by atoms with Gasteiger partial charge in [-0.2, -0.15) is 0 Å². The number of nitrogens with zero attached hydrogens (tertiary/aromatic N) is 1. The van der Waals surface area contributed by atoms with Gasteiger partial charge in [0.25, 0.3) is 0 Å². The highest BCUT2D eigenvalue weighted by Gasteiger charge is 2.31. The Labute approximate surface area is 220 Å². The highest BCUT2D eigenvalue weighted by atomic mass is 31.1. The summed E-state index contributed by atoms with van der Waals surface area (Å²) < 4.78 is 16.4. The van der Waals surface area contributed by atoms with Gasteiger partial charge < -0.3 is 4.74 Å². The second kappa shape index (κ2) is 20.3. The molecule has 0 heterocycles. The Hall–Kier alpha value is -3.96. The topological polar surface area (TPSA) is 99.1 Å². The summed E-state index contributed by atoms with van der Waals surface area (Å²) in [6.07, 6.45) is -0.923. The van der Waals surface area contributed by atoms with Crippen molar-refractivity contribution in [2.24, 2.45) is 5.16 Å². The molecular formula is C29H35NO6P+. The van der Waals surface area contributed by atoms with Gasteiger partial charge in [-0.15, -0.1) is 0 Å². The predicted octanol–water partition coefficient (Wildman–Crippen LogP) is 7.45. The molecule has 0 aliphatic carbocycles. The summed E-state index contributed by atoms with van der Waals surface area (Å²) in [4.78, 5) is 38.9. The first kappa shape index (κ1) is 33.0. The molecule has 196 valence electrons. The van der Waals surface area contributed by atoms with E-state index in [0.717, 1.165) is 0 Å². The van der Waals surface area contributed by atoms with Crippen molar-refractivity contribution in [3.63, 3.8) is 0 Å². The molecular weight excluding hydrogens is 489 g/mol. The Balaban J connectivity index is 0.000000618. The van der Waals surface area contributed by atoms with Gasteiger partial charge in [0.1, 0.15) is 5.71 Å². The number of hydrogen-bond acceptors (Lipinski definition) is 7. The van der Waals surface area contributed by atoms with Crippen LogP contribution in [0.4, 0.5) is 4.79 Å². The summed E-state index contributed by atoms with van der Waals surface area (Å²) in [5.74, 6) is -0.296. The van der Waals surface area contributed by atoms with Crippen LogP contribution in [0, 0.1) is 0 Å². The Morgan fingerprint density at radius 1 is 0.730 bits per heavy atom. The van der Waals surface area contributed by atoms with Gasteiger partial charge in [-0.05, 0) is 38.1 Å². The van der Waals surface area contributed by atoms with Crippen LogP contribution in [0.15, 0.2) is 96.2 Å². The van der Waals surface area contributed by atoms with Gasteiger partial charge in [0.15, 0.2) is 5.30 Å². The van der Waals surface area contributed by atoms with Crippen molar-refractivity contribution < 1.29 is 28.5 Å². The zero-order chi connectivity index (χ0) is 28.1. The lowest BCUT2D eigenvalue weighted by Gasteiger charge is -2.00. The van der Waals surface area contributed by atoms with Crippen LogP contribution in [-0.2, 0) is 14.1 Å². The maximum Gasteiger partial charge on any atom is 0.535 e. The number of carbonyl (C=O) groups excluding carboxylic acids is 3. The van der Waals surface area contributed by atoms with Crippen LogP contribution in [0.25, 0.3) is 0 Å². The van der Waals surface area contributed by atoms with Crippen molar-refractivity contribution in [1.29, 1.82) is 0 Å². The fraction of sp³-hybridized carbons (Fsp3) is 0.241. The van der Waals surface area contributed by atoms with E-state index < -0.39 is 14.0 Å². The number of ether oxygens (including phenoxy) is 1. The van der Waals surface area contributed by atoms with Crippen LogP contribution < -0.4 is 5.30 Å². The largest absolute Gasteiger partial charge is 0.535 e. The summed E-state index contributed by atoms with van der Waals surface area (Å²) in [5, 5.41) is 3.99. The molecule has 8 heteroatoms. The molecule has 37 heavy (non-hydrogen) atoms. The van der Waals surface area contributed by atoms with Gasteiger partial charge in [-0.3, -0.25) is 9.63 Å². The van der Waals surface area contributed by atoms with Crippen LogP contribution in [0.2, 0.25) is 0 Å². The van der Waals surface area contributed by atoms with Crippen LogP contribution >= 0.6 is 7.80 Å². The molecule has 3 aromatic carbocycles. The normalized spacial score (nSPS) is 10.0. The van der Waals surface area contributed by atoms with Crippen LogP contribution in [-0.4, -0.2) is 29.8 Å². The van der Waals surface area contributed by atoms with Crippen LogP contribution in [0.1, 0.15) is 62.3 Å². The average molecular weight is 525 g/mol. The summed E-state index contributed by atoms with van der Waals surface area (Å²) in [7, 11) is -2.00. The Morgan fingerprint density at radius 3 is 1.62 bits per heavy atom. The zero-order valence-corrected chi connectivity index (χ0v) is 23.1. The summed E-state index contributed by atoms with van der Waals surface area (Å²) in [6.45, 7) is 11.3. The van der Waals surface area contributed by atoms with E-state index in [1.165, 1.54) is 6.92 Å². The van der Waals surface area contributed by atoms with E-state index in [4.69, 9.17) is 0 Å². The molecule has 0 aliphatic rings. The molecule has 0 N–H and O–H groups in total. The fourth-order valence-electron chi connectivity index (χ4n) is 2.47. The van der Waals surface area contributed by atoms with Gasteiger partial charge in [-0.1, -0.05) is 104 Å². The standard InChI is InChI=1S/C13H10O2P.C12H13NO4.2C2H6/c14-13(11-7-3-1-4-8-11)16(15)12-9-5-2-6-10-12;1-3-16-12(15)17-13-9(2)11(14)10-7-5-4-6-8-10;2*1-2/h1-10H;4-8H,3H2,1-2H3;2*1-2H3/q+1;;;/b;13-9-;;. The lowest BCUT2D eigenvalue weighted by atomic mass is 10.1. The summed E-state index contributed by atoms with van der Waals surface area (Å²) in [5.41, 5.74) is 0.750. The first-order valence-electron chi connectivity index (χ1n) is 12.0. The van der Waals surface area contributed by atoms with Crippen LogP contribution in [0.5, 0.6) is 0 Å². The second-order valence-electron chi connectivity index (χ2n) is 6.45. The molecule has 0 aliphatic heterocycles. The Bertz CT molecular complexity index is 1070. The molecule has 0 amide bonds. The van der Waals surface area contributed by atoms with Gasteiger partial charge in [0, 0.05) is 5.56 Å². The lowest BCUT2D eigenvalue weighted by Crippen LogP contribution is -2.12. The fourth-order valence-corrected chi connectivity index (χ4v) is 3.53. The summed E-state index contributed by atoms with van der Waals surface area (Å²) >= 11 is 0. The second-order valence-corrected chi connectivity index (χ2v) is 7.96. The maximum atomic E-state index is 11.9. The quantitative estimate of drug-likeness (QED) is 0.0795. The van der Waals surface area contributed by atoms with E-state index >= 15 is 0 Å². The molecule has 1 unspecified atom stereocenters. The first-order chi connectivity index (χ1) is 17.9. The minimum absolute atomic E-state index is 0.0873. The molecule has 0 aromatic heterocycles. The number of benzene rings is 3. The molecule has 7 nitrogen and oxygen atoms in total. The van der Waals surface area contributed by atoms with Crippen molar-refractivity contribution >= 4 is 36.3 Å². The lowest BCUT2D eigenvalue weighted by molar-refractivity contribution is 0.0610. The number of hydrogen-bond donors (Lipinski definition) is 0. The smallest absolute Gasteiger partial charge is 0.433 e. The molecule has 0 spiro atoms. The van der Waals surface area contributed by atoms with E-state index in [1.54, 1.807) is 85.8 Å². The third kappa shape index (κ3) is 12.5. The van der Waals surface area contributed by atoms with E-state index in [-0.39, 0.29) is 23.6 Å². The number of ketones is 1. The zero-order valence-electron chi connectivity index (χ0n) is 22.2. The third-order valence-corrected chi connectivity index (χ3v) is 5.47. The average Bonchev–Trinajstić information content (AvgIpc) is 2.98. The van der Waals surface area contributed by atoms with Crippen molar-refractivity contribution in [2.75, 3.05) is 6.61 Å². The van der Waals surface area contributed by atoms with Gasteiger partial charge >= 0.3 is 19.5 Å². The van der Waals surface area contributed by atoms with Crippen molar-refractivity contribution in [3.05, 3.63) is 102 Å². The number of rotatable bonds is 7. The van der Waals surface area contributed by atoms with Gasteiger partial charge in [-0.25, -0.2) is 9.59 Å². The molecule has 1 atom stereocenters. The highest BCUT2D eigenvalue weighted by Crippen LogP contribution is 2.25. The van der Waals surface area contributed by atoms with E-state index in [2.05, 4.69) is 14.7 Å². The Morgan fingerprint density at radius 2 is 1.16 bits per heavy atom. The van der Waals surface area contributed by atoms with E-state index in [1.807, 2.05) is 39.8 Å². The molecule has 0 fully saturated rings. The molecule has 0 saturated heterocycles. The molecule has 3 rings (SSSR count). The predicted molar refractivity (Wildman–Crippen MR) is 149 cm³/mol. The van der Waals surface area contributed by atoms with Crippen molar-refractivity contribution in [1.82, 2.24) is 0 Å². The number of carbonyl (C=O) groups is 3. The molecule has 0 saturated carbocycles. The third-order valence-electron chi connectivity index (χ3n) is 4.08. The minimum Gasteiger partial charge on any atom is -0.433 e. The van der Waals surface area contributed by atoms with E-state index in [0.29, 0.717) is 16.4 Å². The maximum absolute atomic E-state index is 11.9. The molecule has 3 aromatic rings. The SMILES string of the molecule is CC.CC.CCOC(=O)O/N=C(/C)C(=O)c1ccccc1.O=C(c1ccccc1)[P+](=O)c1ccccc1. The molecule has 0 radical (unpaired) electrons. The monoisotopic (exact) mass is 524 g/mol.